The number of rotatable bonds is 12. The van der Waals surface area contributed by atoms with Gasteiger partial charge in [-0.25, -0.2) is 0 Å². The van der Waals surface area contributed by atoms with E-state index in [9.17, 15) is 0 Å². The lowest BCUT2D eigenvalue weighted by Crippen LogP contribution is -2.38. The van der Waals surface area contributed by atoms with E-state index in [1.165, 1.54) is 0 Å². The zero-order chi connectivity index (χ0) is 13.0. The first kappa shape index (κ1) is 16.8. The summed E-state index contributed by atoms with van der Waals surface area (Å²) in [6.45, 7) is 11.1. The molecule has 0 aromatic rings. The van der Waals surface area contributed by atoms with Crippen molar-refractivity contribution in [2.75, 3.05) is 46.6 Å². The maximum Gasteiger partial charge on any atom is 0.0750 e. The molecule has 1 N–H and O–H groups in total. The van der Waals surface area contributed by atoms with Crippen molar-refractivity contribution in [1.82, 2.24) is 5.32 Å². The zero-order valence-electron chi connectivity index (χ0n) is 11.9. The van der Waals surface area contributed by atoms with Crippen LogP contribution in [0.5, 0.6) is 0 Å². The fourth-order valence-corrected chi connectivity index (χ4v) is 1.37. The fraction of sp³-hybridized carbons (Fsp3) is 1.00. The van der Waals surface area contributed by atoms with Crippen LogP contribution >= 0.6 is 0 Å². The van der Waals surface area contributed by atoms with Gasteiger partial charge in [-0.1, -0.05) is 6.92 Å². The fourth-order valence-electron chi connectivity index (χ4n) is 1.37. The predicted octanol–water partition coefficient (Wildman–Crippen LogP) is 1.83. The Hall–Kier alpha value is -0.160. The molecule has 0 fully saturated rings. The summed E-state index contributed by atoms with van der Waals surface area (Å²) >= 11 is 0. The molecule has 0 saturated carbocycles. The number of hydrogen-bond acceptors (Lipinski definition) is 4. The van der Waals surface area contributed by atoms with Gasteiger partial charge >= 0.3 is 0 Å². The third-order valence-electron chi connectivity index (χ3n) is 2.34. The molecule has 0 bridgehead atoms. The Balaban J connectivity index is 3.32. The topological polar surface area (TPSA) is 39.7 Å². The lowest BCUT2D eigenvalue weighted by molar-refractivity contribution is -0.0277. The molecule has 17 heavy (non-hydrogen) atoms. The summed E-state index contributed by atoms with van der Waals surface area (Å²) in [5.41, 5.74) is -0.0955. The molecule has 0 aliphatic carbocycles. The summed E-state index contributed by atoms with van der Waals surface area (Å²) < 4.78 is 16.1. The van der Waals surface area contributed by atoms with Crippen molar-refractivity contribution >= 4 is 0 Å². The van der Waals surface area contributed by atoms with Crippen LogP contribution in [-0.4, -0.2) is 52.2 Å². The molecule has 0 aromatic carbocycles. The largest absolute Gasteiger partial charge is 0.382 e. The van der Waals surface area contributed by atoms with Crippen LogP contribution in [0.4, 0.5) is 0 Å². The maximum atomic E-state index is 5.81. The van der Waals surface area contributed by atoms with E-state index in [-0.39, 0.29) is 5.60 Å². The van der Waals surface area contributed by atoms with Gasteiger partial charge in [0.15, 0.2) is 0 Å². The van der Waals surface area contributed by atoms with Crippen LogP contribution in [0.2, 0.25) is 0 Å². The minimum atomic E-state index is -0.0955. The highest BCUT2D eigenvalue weighted by atomic mass is 16.5. The van der Waals surface area contributed by atoms with Crippen molar-refractivity contribution in [3.8, 4) is 0 Å². The van der Waals surface area contributed by atoms with E-state index in [2.05, 4.69) is 26.1 Å². The monoisotopic (exact) mass is 247 g/mol. The van der Waals surface area contributed by atoms with E-state index < -0.39 is 0 Å². The minimum Gasteiger partial charge on any atom is -0.382 e. The first-order valence-corrected chi connectivity index (χ1v) is 6.53. The van der Waals surface area contributed by atoms with E-state index in [0.717, 1.165) is 39.1 Å². The summed E-state index contributed by atoms with van der Waals surface area (Å²) in [7, 11) is 1.68. The van der Waals surface area contributed by atoms with Gasteiger partial charge in [0.25, 0.3) is 0 Å². The smallest absolute Gasteiger partial charge is 0.0750 e. The van der Waals surface area contributed by atoms with Crippen molar-refractivity contribution < 1.29 is 14.2 Å². The standard InChI is InChI=1S/C13H29NO3/c1-5-7-14-12-13(2,3)17-9-6-8-16-11-10-15-4/h14H,5-12H2,1-4H3. The molecule has 0 saturated heterocycles. The molecule has 4 heteroatoms. The second-order valence-electron chi connectivity index (χ2n) is 4.74. The van der Waals surface area contributed by atoms with Gasteiger partial charge in [0.1, 0.15) is 0 Å². The van der Waals surface area contributed by atoms with Crippen molar-refractivity contribution in [1.29, 1.82) is 0 Å². The molecule has 0 radical (unpaired) electrons. The second-order valence-corrected chi connectivity index (χ2v) is 4.74. The quantitative estimate of drug-likeness (QED) is 0.534. The summed E-state index contributed by atoms with van der Waals surface area (Å²) in [6, 6.07) is 0. The Morgan fingerprint density at radius 3 is 2.47 bits per heavy atom. The Morgan fingerprint density at radius 2 is 1.82 bits per heavy atom. The summed E-state index contributed by atoms with van der Waals surface area (Å²) in [5, 5.41) is 3.37. The van der Waals surface area contributed by atoms with Crippen molar-refractivity contribution in [2.45, 2.75) is 39.2 Å². The molecule has 0 amide bonds. The van der Waals surface area contributed by atoms with Crippen LogP contribution in [0.15, 0.2) is 0 Å². The normalized spacial score (nSPS) is 12.0. The van der Waals surface area contributed by atoms with Gasteiger partial charge in [-0.2, -0.15) is 0 Å². The Bertz CT molecular complexity index is 163. The molecule has 104 valence electrons. The Kier molecular flexibility index (Phi) is 10.9. The van der Waals surface area contributed by atoms with Crippen LogP contribution in [0.1, 0.15) is 33.6 Å². The molecule has 0 spiro atoms. The molecule has 0 aliphatic rings. The van der Waals surface area contributed by atoms with Crippen LogP contribution in [0.3, 0.4) is 0 Å². The number of hydrogen-bond donors (Lipinski definition) is 1. The second kappa shape index (κ2) is 11.0. The van der Waals surface area contributed by atoms with Crippen LogP contribution in [0.25, 0.3) is 0 Å². The van der Waals surface area contributed by atoms with Gasteiger partial charge in [0.05, 0.1) is 18.8 Å². The SMILES string of the molecule is CCCNCC(C)(C)OCCCOCCOC. The highest BCUT2D eigenvalue weighted by molar-refractivity contribution is 4.71. The van der Waals surface area contributed by atoms with Crippen LogP contribution in [-0.2, 0) is 14.2 Å². The molecule has 0 rings (SSSR count). The molecule has 0 heterocycles. The number of ether oxygens (including phenoxy) is 3. The van der Waals surface area contributed by atoms with Gasteiger partial charge in [-0.05, 0) is 33.2 Å². The van der Waals surface area contributed by atoms with Gasteiger partial charge in [0, 0.05) is 26.9 Å². The summed E-state index contributed by atoms with van der Waals surface area (Å²) in [4.78, 5) is 0. The van der Waals surface area contributed by atoms with Crippen molar-refractivity contribution in [3.63, 3.8) is 0 Å². The summed E-state index contributed by atoms with van der Waals surface area (Å²) in [5.74, 6) is 0. The lowest BCUT2D eigenvalue weighted by Gasteiger charge is -2.25. The summed E-state index contributed by atoms with van der Waals surface area (Å²) in [6.07, 6.45) is 2.09. The highest BCUT2D eigenvalue weighted by Crippen LogP contribution is 2.07. The number of methoxy groups -OCH3 is 1. The van der Waals surface area contributed by atoms with Gasteiger partial charge in [-0.15, -0.1) is 0 Å². The third kappa shape index (κ3) is 12.1. The highest BCUT2D eigenvalue weighted by Gasteiger charge is 2.16. The third-order valence-corrected chi connectivity index (χ3v) is 2.34. The van der Waals surface area contributed by atoms with E-state index in [4.69, 9.17) is 14.2 Å². The number of nitrogens with one attached hydrogen (secondary N) is 1. The van der Waals surface area contributed by atoms with Crippen LogP contribution in [0, 0.1) is 0 Å². The van der Waals surface area contributed by atoms with E-state index >= 15 is 0 Å². The molecule has 0 atom stereocenters. The van der Waals surface area contributed by atoms with E-state index in [0.29, 0.717) is 13.2 Å². The van der Waals surface area contributed by atoms with Crippen molar-refractivity contribution in [2.24, 2.45) is 0 Å². The lowest BCUT2D eigenvalue weighted by atomic mass is 10.1. The average molecular weight is 247 g/mol. The molecular formula is C13H29NO3. The van der Waals surface area contributed by atoms with Gasteiger partial charge < -0.3 is 19.5 Å². The minimum absolute atomic E-state index is 0.0955. The predicted molar refractivity (Wildman–Crippen MR) is 70.5 cm³/mol. The maximum absolute atomic E-state index is 5.81. The first-order valence-electron chi connectivity index (χ1n) is 6.53. The molecule has 4 nitrogen and oxygen atoms in total. The van der Waals surface area contributed by atoms with Crippen LogP contribution < -0.4 is 5.32 Å². The Morgan fingerprint density at radius 1 is 1.06 bits per heavy atom. The van der Waals surface area contributed by atoms with Crippen molar-refractivity contribution in [3.05, 3.63) is 0 Å². The molecule has 0 unspecified atom stereocenters. The molecule has 0 aliphatic heterocycles. The Labute approximate surface area is 106 Å². The zero-order valence-corrected chi connectivity index (χ0v) is 11.9. The van der Waals surface area contributed by atoms with Gasteiger partial charge in [0.2, 0.25) is 0 Å². The molecule has 0 aromatic heterocycles. The van der Waals surface area contributed by atoms with E-state index in [1.807, 2.05) is 0 Å². The first-order chi connectivity index (χ1) is 8.12. The molecular weight excluding hydrogens is 218 g/mol. The average Bonchev–Trinajstić information content (AvgIpc) is 2.28. The van der Waals surface area contributed by atoms with E-state index in [1.54, 1.807) is 7.11 Å². The van der Waals surface area contributed by atoms with Gasteiger partial charge in [-0.3, -0.25) is 0 Å².